The summed E-state index contributed by atoms with van der Waals surface area (Å²) in [4.78, 5) is 0. The topological polar surface area (TPSA) is 0 Å². The Labute approximate surface area is 82.4 Å². The summed E-state index contributed by atoms with van der Waals surface area (Å²) >= 11 is 4.95. The molecular weight excluding hydrogens is 219 g/mol. The van der Waals surface area contributed by atoms with Gasteiger partial charge in [0.2, 0.25) is 0 Å². The summed E-state index contributed by atoms with van der Waals surface area (Å²) in [7, 11) is 0. The zero-order valence-corrected chi connectivity index (χ0v) is 10.1. The normalized spacial score (nSPS) is 12.1. The SMILES string of the molecule is CCCCCC/C=C(/S)[Se]C. The molecule has 0 aliphatic rings. The van der Waals surface area contributed by atoms with Crippen molar-refractivity contribution in [3.8, 4) is 0 Å². The Bertz CT molecular complexity index is 110. The van der Waals surface area contributed by atoms with E-state index in [4.69, 9.17) is 0 Å². The van der Waals surface area contributed by atoms with Gasteiger partial charge in [0.25, 0.3) is 0 Å². The molecule has 0 aliphatic heterocycles. The predicted molar refractivity (Wildman–Crippen MR) is 57.4 cm³/mol. The summed E-state index contributed by atoms with van der Waals surface area (Å²) in [6.45, 7) is 2.25. The first-order valence-electron chi connectivity index (χ1n) is 4.24. The van der Waals surface area contributed by atoms with Crippen LogP contribution in [0.2, 0.25) is 5.82 Å². The summed E-state index contributed by atoms with van der Waals surface area (Å²) < 4.78 is 1.30. The van der Waals surface area contributed by atoms with Gasteiger partial charge in [-0.3, -0.25) is 0 Å². The van der Waals surface area contributed by atoms with E-state index in [1.807, 2.05) is 0 Å². The molecule has 0 rings (SSSR count). The Balaban J connectivity index is 3.12. The molecule has 2 heteroatoms. The summed E-state index contributed by atoms with van der Waals surface area (Å²) in [6, 6.07) is 0. The van der Waals surface area contributed by atoms with Gasteiger partial charge in [-0.15, -0.1) is 0 Å². The zero-order valence-electron chi connectivity index (χ0n) is 7.47. The zero-order chi connectivity index (χ0) is 8.53. The molecule has 11 heavy (non-hydrogen) atoms. The van der Waals surface area contributed by atoms with Gasteiger partial charge in [0.05, 0.1) is 0 Å². The monoisotopic (exact) mass is 238 g/mol. The number of rotatable bonds is 6. The molecular formula is C9H18SSe. The molecule has 66 valence electrons. The van der Waals surface area contributed by atoms with Crippen molar-refractivity contribution < 1.29 is 0 Å². The molecule has 0 saturated heterocycles. The molecule has 0 aromatic rings. The molecule has 0 spiro atoms. The third-order valence-electron chi connectivity index (χ3n) is 1.59. The molecule has 0 aliphatic carbocycles. The van der Waals surface area contributed by atoms with Gasteiger partial charge in [-0.25, -0.2) is 0 Å². The summed E-state index contributed by atoms with van der Waals surface area (Å²) in [6.07, 6.45) is 8.94. The first kappa shape index (κ1) is 11.6. The van der Waals surface area contributed by atoms with Gasteiger partial charge in [0.15, 0.2) is 0 Å². The molecule has 0 atom stereocenters. The Kier molecular flexibility index (Phi) is 9.19. The number of hydrogen-bond acceptors (Lipinski definition) is 1. The second-order valence-corrected chi connectivity index (χ2v) is 5.54. The number of allylic oxidation sites excluding steroid dienone is 1. The van der Waals surface area contributed by atoms with Crippen molar-refractivity contribution in [1.29, 1.82) is 0 Å². The third kappa shape index (κ3) is 8.52. The molecule has 0 N–H and O–H groups in total. The van der Waals surface area contributed by atoms with Crippen molar-refractivity contribution in [1.82, 2.24) is 0 Å². The van der Waals surface area contributed by atoms with Gasteiger partial charge in [-0.1, -0.05) is 0 Å². The Morgan fingerprint density at radius 1 is 1.36 bits per heavy atom. The molecule has 0 radical (unpaired) electrons. The van der Waals surface area contributed by atoms with E-state index >= 15 is 0 Å². The van der Waals surface area contributed by atoms with Crippen LogP contribution in [0.15, 0.2) is 9.88 Å². The minimum absolute atomic E-state index is 0.605. The minimum atomic E-state index is 0.605. The van der Waals surface area contributed by atoms with Crippen LogP contribution < -0.4 is 0 Å². The third-order valence-corrected chi connectivity index (χ3v) is 3.94. The van der Waals surface area contributed by atoms with E-state index in [-0.39, 0.29) is 0 Å². The second-order valence-electron chi connectivity index (χ2n) is 2.60. The van der Waals surface area contributed by atoms with Crippen molar-refractivity contribution in [2.75, 3.05) is 0 Å². The first-order valence-corrected chi connectivity index (χ1v) is 7.26. The fraction of sp³-hybridized carbons (Fsp3) is 0.778. The van der Waals surface area contributed by atoms with Crippen molar-refractivity contribution in [2.24, 2.45) is 0 Å². The van der Waals surface area contributed by atoms with Crippen molar-refractivity contribution >= 4 is 27.6 Å². The first-order chi connectivity index (χ1) is 5.31. The molecule has 0 heterocycles. The second kappa shape index (κ2) is 8.70. The van der Waals surface area contributed by atoms with Crippen LogP contribution in [-0.4, -0.2) is 15.0 Å². The van der Waals surface area contributed by atoms with Gasteiger partial charge in [0.1, 0.15) is 0 Å². The van der Waals surface area contributed by atoms with Crippen LogP contribution >= 0.6 is 12.6 Å². The molecule has 0 aromatic heterocycles. The standard InChI is InChI=1S/C9H18SSe/c1-3-4-5-6-7-8-9(10)11-2/h8,10H,3-7H2,1-2H3/b9-8-. The molecule has 0 fully saturated rings. The number of thiol groups is 1. The fourth-order valence-electron chi connectivity index (χ4n) is 0.880. The van der Waals surface area contributed by atoms with Gasteiger partial charge < -0.3 is 0 Å². The van der Waals surface area contributed by atoms with Gasteiger partial charge in [-0.2, -0.15) is 0 Å². The van der Waals surface area contributed by atoms with E-state index in [9.17, 15) is 0 Å². The van der Waals surface area contributed by atoms with Crippen molar-refractivity contribution in [3.05, 3.63) is 9.88 Å². The average Bonchev–Trinajstić information content (AvgIpc) is 2.04. The van der Waals surface area contributed by atoms with Crippen LogP contribution in [-0.2, 0) is 0 Å². The predicted octanol–water partition coefficient (Wildman–Crippen LogP) is 3.48. The maximum atomic E-state index is 4.34. The van der Waals surface area contributed by atoms with E-state index in [2.05, 4.69) is 31.5 Å². The Hall–Kier alpha value is 0.609. The van der Waals surface area contributed by atoms with Gasteiger partial charge >= 0.3 is 82.3 Å². The molecule has 0 amide bonds. The Morgan fingerprint density at radius 3 is 2.64 bits per heavy atom. The average molecular weight is 237 g/mol. The van der Waals surface area contributed by atoms with Crippen LogP contribution in [0.25, 0.3) is 0 Å². The number of hydrogen-bond donors (Lipinski definition) is 1. The molecule has 0 bridgehead atoms. The van der Waals surface area contributed by atoms with Crippen LogP contribution in [0.5, 0.6) is 0 Å². The Morgan fingerprint density at radius 2 is 2.09 bits per heavy atom. The van der Waals surface area contributed by atoms with E-state index < -0.39 is 0 Å². The summed E-state index contributed by atoms with van der Waals surface area (Å²) in [5.74, 6) is 2.21. The quantitative estimate of drug-likeness (QED) is 0.408. The molecule has 0 saturated carbocycles. The molecule has 0 unspecified atom stereocenters. The van der Waals surface area contributed by atoms with E-state index in [1.54, 1.807) is 0 Å². The van der Waals surface area contributed by atoms with Crippen LogP contribution in [0, 0.1) is 0 Å². The molecule has 0 aromatic carbocycles. The van der Waals surface area contributed by atoms with Crippen molar-refractivity contribution in [3.63, 3.8) is 0 Å². The van der Waals surface area contributed by atoms with E-state index in [0.717, 1.165) is 0 Å². The van der Waals surface area contributed by atoms with Gasteiger partial charge in [-0.05, 0) is 0 Å². The van der Waals surface area contributed by atoms with Crippen LogP contribution in [0.1, 0.15) is 39.0 Å². The van der Waals surface area contributed by atoms with Crippen LogP contribution in [0.3, 0.4) is 0 Å². The van der Waals surface area contributed by atoms with E-state index in [0.29, 0.717) is 15.0 Å². The fourth-order valence-corrected chi connectivity index (χ4v) is 1.61. The summed E-state index contributed by atoms with van der Waals surface area (Å²) in [5.41, 5.74) is 0. The van der Waals surface area contributed by atoms with Gasteiger partial charge in [0, 0.05) is 0 Å². The molecule has 0 nitrogen and oxygen atoms in total. The summed E-state index contributed by atoms with van der Waals surface area (Å²) in [5, 5.41) is 0. The van der Waals surface area contributed by atoms with E-state index in [1.165, 1.54) is 35.9 Å². The number of unbranched alkanes of at least 4 members (excludes halogenated alkanes) is 4. The van der Waals surface area contributed by atoms with Crippen LogP contribution in [0.4, 0.5) is 0 Å². The maximum absolute atomic E-state index is 4.34. The van der Waals surface area contributed by atoms with Crippen molar-refractivity contribution in [2.45, 2.75) is 44.9 Å².